The van der Waals surface area contributed by atoms with Gasteiger partial charge in [-0.1, -0.05) is 30.3 Å². The van der Waals surface area contributed by atoms with Gasteiger partial charge in [0.1, 0.15) is 23.9 Å². The smallest absolute Gasteiger partial charge is 0.249 e. The Hall–Kier alpha value is -3.29. The zero-order chi connectivity index (χ0) is 16.9. The average molecular weight is 327 g/mol. The number of tetrazole rings is 1. The van der Waals surface area contributed by atoms with Gasteiger partial charge in [0.25, 0.3) is 0 Å². The third kappa shape index (κ3) is 3.54. The number of benzene rings is 2. The molecule has 0 aliphatic rings. The highest BCUT2D eigenvalue weighted by molar-refractivity contribution is 5.94. The molecule has 0 aliphatic carbocycles. The number of hydrogen-bond donors (Lipinski definition) is 2. The molecule has 24 heavy (non-hydrogen) atoms. The first-order valence-corrected chi connectivity index (χ1v) is 7.19. The number of rotatable bonds is 5. The van der Waals surface area contributed by atoms with Crippen LogP contribution < -0.4 is 5.32 Å². The lowest BCUT2D eigenvalue weighted by Gasteiger charge is -2.16. The molecule has 3 rings (SSSR count). The number of phenols is 1. The molecule has 3 aromatic rings. The summed E-state index contributed by atoms with van der Waals surface area (Å²) in [6, 6.07) is 12.1. The minimum atomic E-state index is -0.740. The number of nitrogens with zero attached hydrogens (tertiary/aromatic N) is 4. The Kier molecular flexibility index (Phi) is 4.46. The van der Waals surface area contributed by atoms with Crippen molar-refractivity contribution >= 4 is 11.6 Å². The number of carbonyl (C=O) groups is 1. The van der Waals surface area contributed by atoms with Crippen LogP contribution in [0.2, 0.25) is 0 Å². The first kappa shape index (κ1) is 15.6. The fourth-order valence-electron chi connectivity index (χ4n) is 2.28. The minimum Gasteiger partial charge on any atom is -0.508 e. The number of hydrogen-bond acceptors (Lipinski definition) is 5. The molecule has 7 nitrogen and oxygen atoms in total. The predicted molar refractivity (Wildman–Crippen MR) is 83.7 cm³/mol. The van der Waals surface area contributed by atoms with Crippen LogP contribution in [0.4, 0.5) is 10.1 Å². The SMILES string of the molecule is O=C(Nc1ccc(O)cc1F)C(Cc1ccccc1)n1cnnn1. The molecule has 1 atom stereocenters. The van der Waals surface area contributed by atoms with Gasteiger partial charge in [0.15, 0.2) is 0 Å². The molecule has 122 valence electrons. The maximum absolute atomic E-state index is 13.8. The lowest BCUT2D eigenvalue weighted by molar-refractivity contribution is -0.119. The van der Waals surface area contributed by atoms with Gasteiger partial charge < -0.3 is 10.4 Å². The van der Waals surface area contributed by atoms with Crippen molar-refractivity contribution in [1.29, 1.82) is 0 Å². The third-order valence-electron chi connectivity index (χ3n) is 3.47. The Morgan fingerprint density at radius 2 is 2.04 bits per heavy atom. The summed E-state index contributed by atoms with van der Waals surface area (Å²) in [5, 5.41) is 22.6. The van der Waals surface area contributed by atoms with Crippen molar-refractivity contribution in [3.05, 3.63) is 66.2 Å². The van der Waals surface area contributed by atoms with Crippen LogP contribution in [0.25, 0.3) is 0 Å². The van der Waals surface area contributed by atoms with Crippen LogP contribution in [-0.2, 0) is 11.2 Å². The van der Waals surface area contributed by atoms with Crippen molar-refractivity contribution in [2.75, 3.05) is 5.32 Å². The summed E-state index contributed by atoms with van der Waals surface area (Å²) in [4.78, 5) is 12.6. The van der Waals surface area contributed by atoms with Gasteiger partial charge in [-0.25, -0.2) is 9.07 Å². The van der Waals surface area contributed by atoms with E-state index in [-0.39, 0.29) is 11.4 Å². The second-order valence-corrected chi connectivity index (χ2v) is 5.15. The molecule has 2 N–H and O–H groups in total. The van der Waals surface area contributed by atoms with E-state index in [1.165, 1.54) is 23.1 Å². The van der Waals surface area contributed by atoms with Crippen LogP contribution in [0.1, 0.15) is 11.6 Å². The summed E-state index contributed by atoms with van der Waals surface area (Å²) in [7, 11) is 0. The second kappa shape index (κ2) is 6.86. The maximum Gasteiger partial charge on any atom is 0.249 e. The lowest BCUT2D eigenvalue weighted by Crippen LogP contribution is -2.28. The second-order valence-electron chi connectivity index (χ2n) is 5.15. The van der Waals surface area contributed by atoms with Crippen molar-refractivity contribution in [3.63, 3.8) is 0 Å². The van der Waals surface area contributed by atoms with Gasteiger partial charge in [0, 0.05) is 12.5 Å². The van der Waals surface area contributed by atoms with Crippen LogP contribution in [0, 0.1) is 5.82 Å². The van der Waals surface area contributed by atoms with E-state index in [2.05, 4.69) is 20.8 Å². The van der Waals surface area contributed by atoms with Crippen molar-refractivity contribution in [2.45, 2.75) is 12.5 Å². The van der Waals surface area contributed by atoms with Crippen LogP contribution in [0.3, 0.4) is 0 Å². The van der Waals surface area contributed by atoms with E-state index in [4.69, 9.17) is 0 Å². The summed E-state index contributed by atoms with van der Waals surface area (Å²) in [5.41, 5.74) is 0.892. The number of aromatic hydroxyl groups is 1. The number of aromatic nitrogens is 4. The Labute approximate surface area is 136 Å². The summed E-state index contributed by atoms with van der Waals surface area (Å²) in [5.74, 6) is -1.40. The molecule has 0 bridgehead atoms. The molecule has 0 saturated carbocycles. The first-order valence-electron chi connectivity index (χ1n) is 7.19. The molecule has 1 heterocycles. The van der Waals surface area contributed by atoms with Crippen molar-refractivity contribution in [2.24, 2.45) is 0 Å². The van der Waals surface area contributed by atoms with Gasteiger partial charge in [0.2, 0.25) is 5.91 Å². The standard InChI is InChI=1S/C16H14FN5O2/c17-13-9-12(23)6-7-14(13)19-16(24)15(22-10-18-20-21-22)8-11-4-2-1-3-5-11/h1-7,9-10,15,23H,8H2,(H,19,24). The monoisotopic (exact) mass is 327 g/mol. The van der Waals surface area contributed by atoms with Gasteiger partial charge in [-0.15, -0.1) is 5.10 Å². The van der Waals surface area contributed by atoms with E-state index in [0.29, 0.717) is 6.42 Å². The third-order valence-corrected chi connectivity index (χ3v) is 3.47. The van der Waals surface area contributed by atoms with Gasteiger partial charge in [-0.3, -0.25) is 4.79 Å². The topological polar surface area (TPSA) is 92.9 Å². The molecule has 1 amide bonds. The Morgan fingerprint density at radius 1 is 1.25 bits per heavy atom. The van der Waals surface area contributed by atoms with E-state index in [9.17, 15) is 14.3 Å². The molecule has 0 saturated heterocycles. The van der Waals surface area contributed by atoms with Crippen LogP contribution in [0.5, 0.6) is 5.75 Å². The molecule has 0 radical (unpaired) electrons. The predicted octanol–water partition coefficient (Wildman–Crippen LogP) is 1.94. The quantitative estimate of drug-likeness (QED) is 0.699. The number of amides is 1. The summed E-state index contributed by atoms with van der Waals surface area (Å²) >= 11 is 0. The summed E-state index contributed by atoms with van der Waals surface area (Å²) in [6.07, 6.45) is 1.68. The van der Waals surface area contributed by atoms with E-state index < -0.39 is 17.8 Å². The summed E-state index contributed by atoms with van der Waals surface area (Å²) < 4.78 is 15.1. The van der Waals surface area contributed by atoms with Crippen molar-refractivity contribution in [3.8, 4) is 5.75 Å². The molecule has 8 heteroatoms. The molecule has 0 fully saturated rings. The number of phenolic OH excluding ortho intramolecular Hbond substituents is 1. The molecular formula is C16H14FN5O2. The Balaban J connectivity index is 1.83. The molecule has 2 aromatic carbocycles. The van der Waals surface area contributed by atoms with Crippen LogP contribution in [-0.4, -0.2) is 31.2 Å². The summed E-state index contributed by atoms with van der Waals surface area (Å²) in [6.45, 7) is 0. The normalized spacial score (nSPS) is 11.9. The largest absolute Gasteiger partial charge is 0.508 e. The van der Waals surface area contributed by atoms with Gasteiger partial charge in [-0.2, -0.15) is 0 Å². The van der Waals surface area contributed by atoms with Gasteiger partial charge in [-0.05, 0) is 28.1 Å². The fourth-order valence-corrected chi connectivity index (χ4v) is 2.28. The average Bonchev–Trinajstić information content (AvgIpc) is 3.10. The first-order chi connectivity index (χ1) is 11.6. The fraction of sp³-hybridized carbons (Fsp3) is 0.125. The molecule has 0 aliphatic heterocycles. The Morgan fingerprint density at radius 3 is 2.71 bits per heavy atom. The maximum atomic E-state index is 13.8. The highest BCUT2D eigenvalue weighted by Gasteiger charge is 2.23. The Bertz CT molecular complexity index is 824. The number of anilines is 1. The van der Waals surface area contributed by atoms with E-state index in [1.54, 1.807) is 0 Å². The molecule has 1 aromatic heterocycles. The van der Waals surface area contributed by atoms with Crippen molar-refractivity contribution < 1.29 is 14.3 Å². The van der Waals surface area contributed by atoms with E-state index in [1.807, 2.05) is 30.3 Å². The molecule has 0 spiro atoms. The molecular weight excluding hydrogens is 313 g/mol. The number of carbonyl (C=O) groups excluding carboxylic acids is 1. The van der Waals surface area contributed by atoms with Crippen molar-refractivity contribution in [1.82, 2.24) is 20.2 Å². The lowest BCUT2D eigenvalue weighted by atomic mass is 10.1. The number of nitrogens with one attached hydrogen (secondary N) is 1. The zero-order valence-corrected chi connectivity index (χ0v) is 12.5. The van der Waals surface area contributed by atoms with Gasteiger partial charge in [0.05, 0.1) is 5.69 Å². The minimum absolute atomic E-state index is 0.0241. The van der Waals surface area contributed by atoms with Crippen LogP contribution in [0.15, 0.2) is 54.9 Å². The highest BCUT2D eigenvalue weighted by Crippen LogP contribution is 2.21. The van der Waals surface area contributed by atoms with E-state index in [0.717, 1.165) is 11.6 Å². The van der Waals surface area contributed by atoms with E-state index >= 15 is 0 Å². The van der Waals surface area contributed by atoms with Crippen LogP contribution >= 0.6 is 0 Å². The molecule has 1 unspecified atom stereocenters. The number of halogens is 1. The zero-order valence-electron chi connectivity index (χ0n) is 12.5. The highest BCUT2D eigenvalue weighted by atomic mass is 19.1. The van der Waals surface area contributed by atoms with Gasteiger partial charge >= 0.3 is 0 Å².